The molecule has 1 unspecified atom stereocenters. The van der Waals surface area contributed by atoms with Crippen LogP contribution in [-0.2, 0) is 6.54 Å². The molecule has 0 aromatic carbocycles. The van der Waals surface area contributed by atoms with Crippen molar-refractivity contribution in [2.75, 3.05) is 11.9 Å². The third kappa shape index (κ3) is 2.41. The van der Waals surface area contributed by atoms with Gasteiger partial charge in [0.25, 0.3) is 5.56 Å². The van der Waals surface area contributed by atoms with E-state index in [0.717, 1.165) is 0 Å². The molecule has 5 nitrogen and oxygen atoms in total. The first kappa shape index (κ1) is 11.1. The molecule has 0 saturated heterocycles. The molecule has 5 heteroatoms. The molecule has 1 fully saturated rings. The summed E-state index contributed by atoms with van der Waals surface area (Å²) in [5.74, 6) is 1.03. The number of nitrogens with zero attached hydrogens (tertiary/aromatic N) is 2. The molecule has 2 rings (SSSR count). The van der Waals surface area contributed by atoms with Gasteiger partial charge in [-0.2, -0.15) is 0 Å². The summed E-state index contributed by atoms with van der Waals surface area (Å²) in [5.41, 5.74) is 5.87. The Morgan fingerprint density at radius 1 is 1.69 bits per heavy atom. The molecule has 1 aliphatic carbocycles. The van der Waals surface area contributed by atoms with Crippen LogP contribution in [0.25, 0.3) is 0 Å². The maximum absolute atomic E-state index is 11.8. The minimum absolute atomic E-state index is 0.0759. The Balaban J connectivity index is 2.00. The number of nitrogens with one attached hydrogen (secondary N) is 1. The fourth-order valence-electron chi connectivity index (χ4n) is 1.72. The number of hydrogen-bond acceptors (Lipinski definition) is 4. The van der Waals surface area contributed by atoms with Crippen LogP contribution in [0.4, 0.5) is 5.82 Å². The van der Waals surface area contributed by atoms with Gasteiger partial charge in [0.15, 0.2) is 5.82 Å². The van der Waals surface area contributed by atoms with Gasteiger partial charge in [-0.25, -0.2) is 4.98 Å². The lowest BCUT2D eigenvalue weighted by atomic mass is 10.2. The van der Waals surface area contributed by atoms with E-state index in [-0.39, 0.29) is 11.6 Å². The molecule has 0 amide bonds. The highest BCUT2D eigenvalue weighted by molar-refractivity contribution is 5.31. The highest BCUT2D eigenvalue weighted by Crippen LogP contribution is 2.31. The Kier molecular flexibility index (Phi) is 3.24. The molecule has 1 aliphatic rings. The molecule has 3 N–H and O–H groups in total. The van der Waals surface area contributed by atoms with Crippen LogP contribution in [0.5, 0.6) is 0 Å². The van der Waals surface area contributed by atoms with Gasteiger partial charge in [-0.15, -0.1) is 0 Å². The second-order valence-corrected chi connectivity index (χ2v) is 4.25. The van der Waals surface area contributed by atoms with Crippen LogP contribution in [0.2, 0.25) is 0 Å². The number of rotatable bonds is 5. The second-order valence-electron chi connectivity index (χ2n) is 4.25. The van der Waals surface area contributed by atoms with E-state index >= 15 is 0 Å². The van der Waals surface area contributed by atoms with E-state index in [0.29, 0.717) is 24.8 Å². The fourth-order valence-corrected chi connectivity index (χ4v) is 1.72. The zero-order valence-electron chi connectivity index (χ0n) is 9.52. The van der Waals surface area contributed by atoms with Gasteiger partial charge >= 0.3 is 0 Å². The molecule has 1 heterocycles. The molecule has 1 atom stereocenters. The van der Waals surface area contributed by atoms with Crippen molar-refractivity contribution in [2.24, 2.45) is 11.7 Å². The largest absolute Gasteiger partial charge is 0.364 e. The molecule has 1 aromatic heterocycles. The van der Waals surface area contributed by atoms with Gasteiger partial charge in [0.2, 0.25) is 0 Å². The number of aromatic nitrogens is 2. The maximum atomic E-state index is 11.8. The van der Waals surface area contributed by atoms with E-state index in [1.165, 1.54) is 12.8 Å². The maximum Gasteiger partial charge on any atom is 0.293 e. The summed E-state index contributed by atoms with van der Waals surface area (Å²) < 4.78 is 1.62. The first-order valence-corrected chi connectivity index (χ1v) is 5.77. The van der Waals surface area contributed by atoms with E-state index in [4.69, 9.17) is 5.73 Å². The third-order valence-corrected chi connectivity index (χ3v) is 2.99. The fraction of sp³-hybridized carbons (Fsp3) is 0.636. The SMILES string of the molecule is CCn1ccnc(NCC(N)C2CC2)c1=O. The highest BCUT2D eigenvalue weighted by atomic mass is 16.1. The molecule has 0 spiro atoms. The third-order valence-electron chi connectivity index (χ3n) is 2.99. The number of anilines is 1. The minimum Gasteiger partial charge on any atom is -0.364 e. The molecular formula is C11H18N4O. The molecule has 0 radical (unpaired) electrons. The van der Waals surface area contributed by atoms with Crippen LogP contribution in [0.15, 0.2) is 17.2 Å². The van der Waals surface area contributed by atoms with Crippen LogP contribution in [-0.4, -0.2) is 22.1 Å². The van der Waals surface area contributed by atoms with Gasteiger partial charge in [0.1, 0.15) is 0 Å². The molecule has 88 valence electrons. The topological polar surface area (TPSA) is 72.9 Å². The number of aryl methyl sites for hydroxylation is 1. The summed E-state index contributed by atoms with van der Waals surface area (Å²) in [6.45, 7) is 3.21. The minimum atomic E-state index is -0.0759. The normalized spacial score (nSPS) is 17.1. The summed E-state index contributed by atoms with van der Waals surface area (Å²) in [6.07, 6.45) is 5.75. The van der Waals surface area contributed by atoms with Crippen LogP contribution in [0.1, 0.15) is 19.8 Å². The summed E-state index contributed by atoms with van der Waals surface area (Å²) in [4.78, 5) is 15.8. The quantitative estimate of drug-likeness (QED) is 0.757. The van der Waals surface area contributed by atoms with Crippen molar-refractivity contribution in [3.8, 4) is 0 Å². The first-order chi connectivity index (χ1) is 7.72. The Labute approximate surface area is 94.7 Å². The van der Waals surface area contributed by atoms with Crippen molar-refractivity contribution in [3.63, 3.8) is 0 Å². The molecule has 16 heavy (non-hydrogen) atoms. The van der Waals surface area contributed by atoms with Gasteiger partial charge in [0, 0.05) is 31.5 Å². The number of hydrogen-bond donors (Lipinski definition) is 2. The van der Waals surface area contributed by atoms with Crippen molar-refractivity contribution in [2.45, 2.75) is 32.4 Å². The molecule has 0 aliphatic heterocycles. The standard InChI is InChI=1S/C11H18N4O/c1-2-15-6-5-13-10(11(15)16)14-7-9(12)8-3-4-8/h5-6,8-9H,2-4,7,12H2,1H3,(H,13,14). The van der Waals surface area contributed by atoms with Crippen molar-refractivity contribution in [3.05, 3.63) is 22.7 Å². The monoisotopic (exact) mass is 222 g/mol. The zero-order chi connectivity index (χ0) is 11.5. The Hall–Kier alpha value is -1.36. The van der Waals surface area contributed by atoms with Crippen LogP contribution in [0, 0.1) is 5.92 Å². The van der Waals surface area contributed by atoms with E-state index < -0.39 is 0 Å². The summed E-state index contributed by atoms with van der Waals surface area (Å²) in [7, 11) is 0. The Morgan fingerprint density at radius 2 is 2.44 bits per heavy atom. The van der Waals surface area contributed by atoms with Gasteiger partial charge < -0.3 is 15.6 Å². The lowest BCUT2D eigenvalue weighted by Crippen LogP contribution is -2.33. The Morgan fingerprint density at radius 3 is 3.06 bits per heavy atom. The lowest BCUT2D eigenvalue weighted by Gasteiger charge is -2.12. The van der Waals surface area contributed by atoms with Gasteiger partial charge in [0.05, 0.1) is 0 Å². The predicted molar refractivity (Wildman–Crippen MR) is 63.4 cm³/mol. The smallest absolute Gasteiger partial charge is 0.293 e. The van der Waals surface area contributed by atoms with Crippen molar-refractivity contribution < 1.29 is 0 Å². The summed E-state index contributed by atoms with van der Waals surface area (Å²) >= 11 is 0. The van der Waals surface area contributed by atoms with Gasteiger partial charge in [-0.3, -0.25) is 4.79 Å². The molecule has 1 aromatic rings. The molecule has 1 saturated carbocycles. The van der Waals surface area contributed by atoms with Crippen molar-refractivity contribution in [1.29, 1.82) is 0 Å². The lowest BCUT2D eigenvalue weighted by molar-refractivity contribution is 0.617. The summed E-state index contributed by atoms with van der Waals surface area (Å²) in [6, 6.07) is 0.136. The highest BCUT2D eigenvalue weighted by Gasteiger charge is 2.28. The zero-order valence-corrected chi connectivity index (χ0v) is 9.52. The van der Waals surface area contributed by atoms with E-state index in [2.05, 4.69) is 10.3 Å². The average Bonchev–Trinajstić information content (AvgIpc) is 3.11. The van der Waals surface area contributed by atoms with Crippen LogP contribution in [0.3, 0.4) is 0 Å². The van der Waals surface area contributed by atoms with Crippen molar-refractivity contribution >= 4 is 5.82 Å². The summed E-state index contributed by atoms with van der Waals surface area (Å²) in [5, 5.41) is 3.04. The van der Waals surface area contributed by atoms with E-state index in [1.807, 2.05) is 6.92 Å². The van der Waals surface area contributed by atoms with Gasteiger partial charge in [-0.1, -0.05) is 0 Å². The first-order valence-electron chi connectivity index (χ1n) is 5.77. The molecular weight excluding hydrogens is 204 g/mol. The van der Waals surface area contributed by atoms with E-state index in [9.17, 15) is 4.79 Å². The van der Waals surface area contributed by atoms with E-state index in [1.54, 1.807) is 17.0 Å². The molecule has 0 bridgehead atoms. The van der Waals surface area contributed by atoms with Crippen molar-refractivity contribution in [1.82, 2.24) is 9.55 Å². The van der Waals surface area contributed by atoms with Gasteiger partial charge in [-0.05, 0) is 25.7 Å². The Bertz CT molecular complexity index is 411. The predicted octanol–water partition coefficient (Wildman–Crippen LogP) is 0.412. The second kappa shape index (κ2) is 4.65. The number of nitrogens with two attached hydrogens (primary N) is 1. The van der Waals surface area contributed by atoms with Crippen LogP contribution >= 0.6 is 0 Å². The van der Waals surface area contributed by atoms with Crippen LogP contribution < -0.4 is 16.6 Å². The average molecular weight is 222 g/mol.